The molecule has 0 atom stereocenters. The van der Waals surface area contributed by atoms with E-state index in [9.17, 15) is 4.79 Å². The van der Waals surface area contributed by atoms with E-state index < -0.39 is 0 Å². The van der Waals surface area contributed by atoms with Crippen LogP contribution in [0.3, 0.4) is 0 Å². The van der Waals surface area contributed by atoms with Gasteiger partial charge in [0.15, 0.2) is 17.1 Å². The van der Waals surface area contributed by atoms with Gasteiger partial charge in [-0.3, -0.25) is 13.9 Å². The number of hydrogen-bond donors (Lipinski definition) is 0. The lowest BCUT2D eigenvalue weighted by atomic mass is 10.0. The number of nitrogens with zero attached hydrogens (tertiary/aromatic N) is 6. The van der Waals surface area contributed by atoms with Crippen LogP contribution in [0.25, 0.3) is 33.7 Å². The monoisotopic (exact) mass is 416 g/mol. The molecule has 152 valence electrons. The van der Waals surface area contributed by atoms with Crippen LogP contribution in [0.2, 0.25) is 0 Å². The second-order valence-corrected chi connectivity index (χ2v) is 7.34. The second-order valence-electron chi connectivity index (χ2n) is 7.34. The molecule has 4 aromatic heterocycles. The zero-order chi connectivity index (χ0) is 21.5. The van der Waals surface area contributed by atoms with E-state index in [2.05, 4.69) is 19.9 Å². The zero-order valence-corrected chi connectivity index (χ0v) is 16.8. The summed E-state index contributed by atoms with van der Waals surface area (Å²) >= 11 is 0. The summed E-state index contributed by atoms with van der Waals surface area (Å²) in [5, 5.41) is 0. The predicted octanol–water partition coefficient (Wildman–Crippen LogP) is 4.39. The SMILES string of the molecule is O=C(c1ccc(-n2cnc3cccnc32)cc1)c1ccc(-n2cnc3cccnc32)cc1. The van der Waals surface area contributed by atoms with Crippen molar-refractivity contribution < 1.29 is 4.79 Å². The van der Waals surface area contributed by atoms with Gasteiger partial charge in [-0.1, -0.05) is 0 Å². The summed E-state index contributed by atoms with van der Waals surface area (Å²) < 4.78 is 3.81. The van der Waals surface area contributed by atoms with Crippen molar-refractivity contribution in [2.24, 2.45) is 0 Å². The summed E-state index contributed by atoms with van der Waals surface area (Å²) in [6.45, 7) is 0. The Labute approximate surface area is 182 Å². The van der Waals surface area contributed by atoms with E-state index in [0.717, 1.165) is 33.7 Å². The Morgan fingerprint density at radius 1 is 0.562 bits per heavy atom. The fraction of sp³-hybridized carbons (Fsp3) is 0. The summed E-state index contributed by atoms with van der Waals surface area (Å²) in [5.74, 6) is -0.0367. The van der Waals surface area contributed by atoms with E-state index in [1.165, 1.54) is 0 Å². The molecule has 0 saturated carbocycles. The van der Waals surface area contributed by atoms with Gasteiger partial charge in [-0.05, 0) is 72.8 Å². The molecular formula is C25H16N6O. The number of pyridine rings is 2. The Kier molecular flexibility index (Phi) is 4.11. The van der Waals surface area contributed by atoms with E-state index in [-0.39, 0.29) is 5.78 Å². The molecule has 32 heavy (non-hydrogen) atoms. The van der Waals surface area contributed by atoms with Crippen molar-refractivity contribution in [3.63, 3.8) is 0 Å². The van der Waals surface area contributed by atoms with E-state index >= 15 is 0 Å². The third-order valence-corrected chi connectivity index (χ3v) is 5.43. The van der Waals surface area contributed by atoms with Gasteiger partial charge in [-0.25, -0.2) is 19.9 Å². The molecule has 6 rings (SSSR count). The Hall–Kier alpha value is -4.65. The average molecular weight is 416 g/mol. The highest BCUT2D eigenvalue weighted by atomic mass is 16.1. The summed E-state index contributed by atoms with van der Waals surface area (Å²) in [6.07, 6.45) is 6.96. The second kappa shape index (κ2) is 7.24. The molecule has 0 aliphatic heterocycles. The smallest absolute Gasteiger partial charge is 0.193 e. The summed E-state index contributed by atoms with van der Waals surface area (Å²) in [5.41, 5.74) is 6.26. The van der Waals surface area contributed by atoms with Crippen molar-refractivity contribution in [3.05, 3.63) is 109 Å². The summed E-state index contributed by atoms with van der Waals surface area (Å²) in [7, 11) is 0. The van der Waals surface area contributed by atoms with Gasteiger partial charge in [0.05, 0.1) is 0 Å². The number of carbonyl (C=O) groups is 1. The standard InChI is InChI=1S/C25H16N6O/c32-23(17-5-9-19(10-6-17)30-15-28-21-3-1-13-26-24(21)30)18-7-11-20(12-8-18)31-16-29-22-4-2-14-27-25(22)31/h1-16H. The number of imidazole rings is 2. The van der Waals surface area contributed by atoms with Crippen LogP contribution < -0.4 is 0 Å². The highest BCUT2D eigenvalue weighted by Gasteiger charge is 2.12. The third-order valence-electron chi connectivity index (χ3n) is 5.43. The Morgan fingerprint density at radius 3 is 1.44 bits per heavy atom. The Balaban J connectivity index is 1.27. The van der Waals surface area contributed by atoms with Gasteiger partial charge in [0.25, 0.3) is 0 Å². The first-order valence-corrected chi connectivity index (χ1v) is 10.1. The maximum atomic E-state index is 13.0. The maximum absolute atomic E-state index is 13.0. The quantitative estimate of drug-likeness (QED) is 0.399. The minimum atomic E-state index is -0.0367. The van der Waals surface area contributed by atoms with Gasteiger partial charge >= 0.3 is 0 Å². The van der Waals surface area contributed by atoms with E-state index in [1.807, 2.05) is 81.9 Å². The number of rotatable bonds is 4. The molecule has 0 radical (unpaired) electrons. The molecule has 0 spiro atoms. The van der Waals surface area contributed by atoms with Crippen LogP contribution in [0.5, 0.6) is 0 Å². The van der Waals surface area contributed by atoms with E-state index in [1.54, 1.807) is 25.0 Å². The molecule has 0 bridgehead atoms. The number of benzene rings is 2. The predicted molar refractivity (Wildman–Crippen MR) is 121 cm³/mol. The van der Waals surface area contributed by atoms with Crippen molar-refractivity contribution in [1.82, 2.24) is 29.1 Å². The van der Waals surface area contributed by atoms with E-state index in [4.69, 9.17) is 0 Å². The topological polar surface area (TPSA) is 78.5 Å². The lowest BCUT2D eigenvalue weighted by Crippen LogP contribution is -2.03. The zero-order valence-electron chi connectivity index (χ0n) is 16.8. The van der Waals surface area contributed by atoms with Crippen LogP contribution in [-0.2, 0) is 0 Å². The highest BCUT2D eigenvalue weighted by Crippen LogP contribution is 2.20. The molecule has 0 N–H and O–H groups in total. The number of ketones is 1. The van der Waals surface area contributed by atoms with Crippen molar-refractivity contribution in [1.29, 1.82) is 0 Å². The lowest BCUT2D eigenvalue weighted by molar-refractivity contribution is 0.103. The molecule has 0 fully saturated rings. The van der Waals surface area contributed by atoms with Gasteiger partial charge in [0.1, 0.15) is 23.7 Å². The molecular weight excluding hydrogens is 400 g/mol. The minimum Gasteiger partial charge on any atom is -0.289 e. The number of fused-ring (bicyclic) bond motifs is 2. The number of aromatic nitrogens is 6. The van der Waals surface area contributed by atoms with Crippen LogP contribution in [0.1, 0.15) is 15.9 Å². The molecule has 4 heterocycles. The van der Waals surface area contributed by atoms with Crippen molar-refractivity contribution in [2.75, 3.05) is 0 Å². The summed E-state index contributed by atoms with van der Waals surface area (Å²) in [4.78, 5) is 30.5. The van der Waals surface area contributed by atoms with Gasteiger partial charge in [0, 0.05) is 34.9 Å². The van der Waals surface area contributed by atoms with Gasteiger partial charge in [-0.2, -0.15) is 0 Å². The Morgan fingerprint density at radius 2 is 1.00 bits per heavy atom. The molecule has 0 saturated heterocycles. The Bertz CT molecular complexity index is 1460. The fourth-order valence-electron chi connectivity index (χ4n) is 3.79. The molecule has 2 aromatic carbocycles. The largest absolute Gasteiger partial charge is 0.289 e. The lowest BCUT2D eigenvalue weighted by Gasteiger charge is -2.07. The number of carbonyl (C=O) groups excluding carboxylic acids is 1. The molecule has 0 aliphatic carbocycles. The average Bonchev–Trinajstić information content (AvgIpc) is 3.48. The van der Waals surface area contributed by atoms with Crippen LogP contribution in [-0.4, -0.2) is 34.9 Å². The first-order valence-electron chi connectivity index (χ1n) is 10.1. The van der Waals surface area contributed by atoms with Gasteiger partial charge in [-0.15, -0.1) is 0 Å². The van der Waals surface area contributed by atoms with Crippen molar-refractivity contribution in [3.8, 4) is 11.4 Å². The van der Waals surface area contributed by atoms with Crippen LogP contribution >= 0.6 is 0 Å². The van der Waals surface area contributed by atoms with Gasteiger partial charge < -0.3 is 0 Å². The van der Waals surface area contributed by atoms with Gasteiger partial charge in [0.2, 0.25) is 0 Å². The molecule has 0 amide bonds. The van der Waals surface area contributed by atoms with Crippen molar-refractivity contribution in [2.45, 2.75) is 0 Å². The molecule has 7 heteroatoms. The minimum absolute atomic E-state index is 0.0367. The number of hydrogen-bond acceptors (Lipinski definition) is 5. The maximum Gasteiger partial charge on any atom is 0.193 e. The fourth-order valence-corrected chi connectivity index (χ4v) is 3.79. The first-order chi connectivity index (χ1) is 15.8. The van der Waals surface area contributed by atoms with Crippen LogP contribution in [0, 0.1) is 0 Å². The van der Waals surface area contributed by atoms with E-state index in [0.29, 0.717) is 11.1 Å². The molecule has 0 aliphatic rings. The summed E-state index contributed by atoms with van der Waals surface area (Å²) in [6, 6.07) is 22.5. The first kappa shape index (κ1) is 18.1. The van der Waals surface area contributed by atoms with Crippen molar-refractivity contribution >= 4 is 28.1 Å². The highest BCUT2D eigenvalue weighted by molar-refractivity contribution is 6.09. The third kappa shape index (κ3) is 2.95. The molecule has 6 aromatic rings. The molecule has 0 unspecified atom stereocenters. The van der Waals surface area contributed by atoms with Crippen LogP contribution in [0.15, 0.2) is 97.8 Å². The molecule has 7 nitrogen and oxygen atoms in total. The normalized spacial score (nSPS) is 11.2. The van der Waals surface area contributed by atoms with Crippen LogP contribution in [0.4, 0.5) is 0 Å².